The van der Waals surface area contributed by atoms with Crippen molar-refractivity contribution in [1.82, 2.24) is 14.8 Å². The average Bonchev–Trinajstić information content (AvgIpc) is 2.81. The lowest BCUT2D eigenvalue weighted by Gasteiger charge is -2.22. The minimum absolute atomic E-state index is 0.0828. The van der Waals surface area contributed by atoms with Gasteiger partial charge in [0.15, 0.2) is 5.82 Å². The maximum Gasteiger partial charge on any atom is 0.224 e. The van der Waals surface area contributed by atoms with E-state index in [2.05, 4.69) is 79.0 Å². The Bertz CT molecular complexity index is 578. The molecule has 0 atom stereocenters. The lowest BCUT2D eigenvalue weighted by molar-refractivity contribution is 0.590. The van der Waals surface area contributed by atoms with Crippen LogP contribution in [0.2, 0.25) is 0 Å². The summed E-state index contributed by atoms with van der Waals surface area (Å²) in [6.07, 6.45) is 0. The summed E-state index contributed by atoms with van der Waals surface area (Å²) in [6, 6.07) is 8.46. The lowest BCUT2D eigenvalue weighted by atomic mass is 9.83. The summed E-state index contributed by atoms with van der Waals surface area (Å²) >= 11 is 0. The molecule has 1 aromatic carbocycles. The Morgan fingerprint density at radius 3 is 2.40 bits per heavy atom. The van der Waals surface area contributed by atoms with Crippen molar-refractivity contribution in [2.45, 2.75) is 46.6 Å². The van der Waals surface area contributed by atoms with Crippen molar-refractivity contribution in [2.75, 3.05) is 11.9 Å². The Hall–Kier alpha value is -1.84. The smallest absolute Gasteiger partial charge is 0.224 e. The molecule has 1 N–H and O–H groups in total. The molecule has 0 aliphatic rings. The Morgan fingerprint density at radius 1 is 1.10 bits per heavy atom. The Kier molecular flexibility index (Phi) is 4.12. The van der Waals surface area contributed by atoms with Gasteiger partial charge in [-0.3, -0.25) is 4.57 Å². The molecule has 4 heteroatoms. The van der Waals surface area contributed by atoms with Crippen molar-refractivity contribution in [3.8, 4) is 11.4 Å². The molecule has 1 aromatic heterocycles. The van der Waals surface area contributed by atoms with Gasteiger partial charge in [-0.2, -0.15) is 0 Å². The number of nitrogens with zero attached hydrogens (tertiary/aromatic N) is 3. The molecule has 0 amide bonds. The molecule has 1 heterocycles. The minimum atomic E-state index is 0.0828. The van der Waals surface area contributed by atoms with Crippen molar-refractivity contribution in [3.63, 3.8) is 0 Å². The molecular weight excluding hydrogens is 248 g/mol. The van der Waals surface area contributed by atoms with E-state index in [4.69, 9.17) is 0 Å². The van der Waals surface area contributed by atoms with Gasteiger partial charge in [0.1, 0.15) is 0 Å². The van der Waals surface area contributed by atoms with E-state index >= 15 is 0 Å². The van der Waals surface area contributed by atoms with Crippen LogP contribution in [0.3, 0.4) is 0 Å². The van der Waals surface area contributed by atoms with Gasteiger partial charge in [-0.05, 0) is 24.8 Å². The summed E-state index contributed by atoms with van der Waals surface area (Å²) in [5.74, 6) is 1.78. The van der Waals surface area contributed by atoms with Crippen LogP contribution in [0, 0.1) is 0 Å². The fourth-order valence-electron chi connectivity index (χ4n) is 2.42. The molecule has 0 bridgehead atoms. The fraction of sp³-hybridized carbons (Fsp3) is 0.500. The minimum Gasteiger partial charge on any atom is -0.355 e. The molecule has 0 radical (unpaired) electrons. The molecule has 0 aliphatic heterocycles. The normalized spacial score (nSPS) is 11.7. The van der Waals surface area contributed by atoms with Crippen LogP contribution in [0.4, 0.5) is 5.95 Å². The van der Waals surface area contributed by atoms with Crippen LogP contribution in [0.5, 0.6) is 0 Å². The third kappa shape index (κ3) is 2.69. The maximum absolute atomic E-state index is 4.40. The van der Waals surface area contributed by atoms with Gasteiger partial charge in [-0.15, -0.1) is 10.2 Å². The Labute approximate surface area is 121 Å². The van der Waals surface area contributed by atoms with Crippen molar-refractivity contribution >= 4 is 5.95 Å². The summed E-state index contributed by atoms with van der Waals surface area (Å²) in [7, 11) is 0. The first-order valence-corrected chi connectivity index (χ1v) is 7.26. The largest absolute Gasteiger partial charge is 0.355 e. The van der Waals surface area contributed by atoms with Crippen LogP contribution in [0.15, 0.2) is 24.3 Å². The second-order valence-electron chi connectivity index (χ2n) is 5.92. The monoisotopic (exact) mass is 272 g/mol. The Morgan fingerprint density at radius 2 is 1.80 bits per heavy atom. The van der Waals surface area contributed by atoms with E-state index < -0.39 is 0 Å². The highest BCUT2D eigenvalue weighted by atomic mass is 15.3. The molecule has 0 spiro atoms. The second kappa shape index (κ2) is 5.65. The average molecular weight is 272 g/mol. The third-order valence-corrected chi connectivity index (χ3v) is 3.38. The first-order chi connectivity index (χ1) is 9.49. The summed E-state index contributed by atoms with van der Waals surface area (Å²) in [4.78, 5) is 0. The highest BCUT2D eigenvalue weighted by Crippen LogP contribution is 2.32. The number of hydrogen-bond donors (Lipinski definition) is 1. The van der Waals surface area contributed by atoms with E-state index in [-0.39, 0.29) is 5.41 Å². The van der Waals surface area contributed by atoms with E-state index in [9.17, 15) is 0 Å². The molecule has 0 saturated heterocycles. The van der Waals surface area contributed by atoms with Gasteiger partial charge in [0.25, 0.3) is 0 Å². The van der Waals surface area contributed by atoms with E-state index in [0.29, 0.717) is 0 Å². The van der Waals surface area contributed by atoms with E-state index in [0.717, 1.165) is 24.9 Å². The number of anilines is 1. The van der Waals surface area contributed by atoms with Crippen molar-refractivity contribution in [3.05, 3.63) is 29.8 Å². The maximum atomic E-state index is 4.40. The van der Waals surface area contributed by atoms with Gasteiger partial charge in [0.2, 0.25) is 5.95 Å². The topological polar surface area (TPSA) is 42.7 Å². The van der Waals surface area contributed by atoms with Crippen LogP contribution in [-0.2, 0) is 12.0 Å². The van der Waals surface area contributed by atoms with Crippen LogP contribution in [-0.4, -0.2) is 21.3 Å². The number of aromatic nitrogens is 3. The Balaban J connectivity index is 2.58. The summed E-state index contributed by atoms with van der Waals surface area (Å²) in [6.45, 7) is 12.6. The van der Waals surface area contributed by atoms with Crippen LogP contribution >= 0.6 is 0 Å². The molecule has 2 aromatic rings. The van der Waals surface area contributed by atoms with E-state index in [1.54, 1.807) is 0 Å². The quantitative estimate of drug-likeness (QED) is 0.923. The first kappa shape index (κ1) is 14.6. The molecule has 0 aliphatic carbocycles. The molecule has 108 valence electrons. The molecule has 2 rings (SSSR count). The predicted octanol–water partition coefficient (Wildman–Crippen LogP) is 3.69. The molecule has 0 fully saturated rings. The third-order valence-electron chi connectivity index (χ3n) is 3.38. The molecule has 0 saturated carbocycles. The zero-order valence-electron chi connectivity index (χ0n) is 13.1. The summed E-state index contributed by atoms with van der Waals surface area (Å²) in [5.41, 5.74) is 2.54. The van der Waals surface area contributed by atoms with Gasteiger partial charge >= 0.3 is 0 Å². The van der Waals surface area contributed by atoms with E-state index in [1.165, 1.54) is 11.1 Å². The fourth-order valence-corrected chi connectivity index (χ4v) is 2.42. The zero-order valence-corrected chi connectivity index (χ0v) is 13.1. The van der Waals surface area contributed by atoms with Gasteiger partial charge in [-0.1, -0.05) is 45.0 Å². The highest BCUT2D eigenvalue weighted by Gasteiger charge is 2.22. The van der Waals surface area contributed by atoms with E-state index in [1.807, 2.05) is 0 Å². The molecular formula is C16H24N4. The zero-order chi connectivity index (χ0) is 14.8. The SMILES string of the molecule is CCNc1nnc(-c2ccccc2C(C)(C)C)n1CC. The second-order valence-corrected chi connectivity index (χ2v) is 5.92. The number of hydrogen-bond acceptors (Lipinski definition) is 3. The summed E-state index contributed by atoms with van der Waals surface area (Å²) in [5, 5.41) is 11.9. The van der Waals surface area contributed by atoms with Crippen molar-refractivity contribution in [2.24, 2.45) is 0 Å². The molecule has 4 nitrogen and oxygen atoms in total. The molecule has 0 unspecified atom stereocenters. The number of rotatable bonds is 4. The first-order valence-electron chi connectivity index (χ1n) is 7.26. The summed E-state index contributed by atoms with van der Waals surface area (Å²) < 4.78 is 2.13. The number of nitrogens with one attached hydrogen (secondary N) is 1. The number of benzene rings is 1. The van der Waals surface area contributed by atoms with Crippen LogP contribution in [0.25, 0.3) is 11.4 Å². The van der Waals surface area contributed by atoms with Gasteiger partial charge in [-0.25, -0.2) is 0 Å². The predicted molar refractivity (Wildman–Crippen MR) is 84.0 cm³/mol. The van der Waals surface area contributed by atoms with Crippen LogP contribution < -0.4 is 5.32 Å². The van der Waals surface area contributed by atoms with Gasteiger partial charge < -0.3 is 5.32 Å². The molecule has 20 heavy (non-hydrogen) atoms. The standard InChI is InChI=1S/C16H24N4/c1-6-17-15-19-18-14(20(15)7-2)12-10-8-9-11-13(12)16(3,4)5/h8-11H,6-7H2,1-5H3,(H,17,19). The van der Waals surface area contributed by atoms with Gasteiger partial charge in [0.05, 0.1) is 0 Å². The lowest BCUT2D eigenvalue weighted by Crippen LogP contribution is -2.14. The van der Waals surface area contributed by atoms with Crippen LogP contribution in [0.1, 0.15) is 40.2 Å². The highest BCUT2D eigenvalue weighted by molar-refractivity contribution is 5.63. The van der Waals surface area contributed by atoms with Gasteiger partial charge in [0, 0.05) is 18.7 Å². The van der Waals surface area contributed by atoms with Crippen molar-refractivity contribution in [1.29, 1.82) is 0 Å². The van der Waals surface area contributed by atoms with Crippen molar-refractivity contribution < 1.29 is 0 Å².